The van der Waals surface area contributed by atoms with Crippen molar-refractivity contribution >= 4 is 26.0 Å². The van der Waals surface area contributed by atoms with E-state index < -0.39 is 10.0 Å². The molecule has 0 unspecified atom stereocenters. The van der Waals surface area contributed by atoms with Gasteiger partial charge in [0, 0.05) is 17.6 Å². The third-order valence-corrected chi connectivity index (χ3v) is 5.40. The van der Waals surface area contributed by atoms with E-state index in [9.17, 15) is 8.42 Å². The molecule has 0 aliphatic heterocycles. The van der Waals surface area contributed by atoms with Gasteiger partial charge in [-0.2, -0.15) is 0 Å². The second-order valence-corrected chi connectivity index (χ2v) is 6.96. The van der Waals surface area contributed by atoms with Crippen LogP contribution < -0.4 is 4.72 Å². The molecule has 1 aromatic rings. The molecule has 0 spiro atoms. The van der Waals surface area contributed by atoms with Gasteiger partial charge < -0.3 is 4.90 Å². The number of hydrogen-bond donors (Lipinski definition) is 1. The monoisotopic (exact) mass is 348 g/mol. The Hall–Kier alpha value is -0.430. The molecular formula is C13H21BrN2O2S. The molecule has 108 valence electrons. The van der Waals surface area contributed by atoms with Crippen LogP contribution in [0.1, 0.15) is 19.4 Å². The highest BCUT2D eigenvalue weighted by atomic mass is 79.9. The largest absolute Gasteiger partial charge is 0.303 e. The molecule has 0 radical (unpaired) electrons. The van der Waals surface area contributed by atoms with Gasteiger partial charge in [0.2, 0.25) is 10.0 Å². The number of halogens is 1. The van der Waals surface area contributed by atoms with Crippen LogP contribution >= 0.6 is 15.9 Å². The number of benzene rings is 1. The van der Waals surface area contributed by atoms with Crippen LogP contribution in [0.5, 0.6) is 0 Å². The second-order valence-electron chi connectivity index (χ2n) is 4.34. The Bertz CT molecular complexity index is 513. The molecule has 6 heteroatoms. The third-order valence-electron chi connectivity index (χ3n) is 3.05. The smallest absolute Gasteiger partial charge is 0.240 e. The first-order chi connectivity index (χ1) is 8.90. The Kier molecular flexibility index (Phi) is 6.46. The summed E-state index contributed by atoms with van der Waals surface area (Å²) in [4.78, 5) is 2.49. The van der Waals surface area contributed by atoms with E-state index in [1.54, 1.807) is 18.2 Å². The molecule has 4 nitrogen and oxygen atoms in total. The number of nitrogens with zero attached hydrogens (tertiary/aromatic N) is 1. The fraction of sp³-hybridized carbons (Fsp3) is 0.538. The van der Waals surface area contributed by atoms with Gasteiger partial charge in [-0.1, -0.05) is 29.8 Å². The maximum Gasteiger partial charge on any atom is 0.240 e. The fourth-order valence-corrected chi connectivity index (χ4v) is 3.10. The molecule has 0 aliphatic rings. The topological polar surface area (TPSA) is 49.4 Å². The zero-order chi connectivity index (χ0) is 14.5. The molecule has 0 fully saturated rings. The van der Waals surface area contributed by atoms with Crippen LogP contribution in [0.25, 0.3) is 0 Å². The maximum absolute atomic E-state index is 12.1. The average Bonchev–Trinajstić information content (AvgIpc) is 2.37. The van der Waals surface area contributed by atoms with Crippen molar-refractivity contribution in [3.8, 4) is 0 Å². The fourth-order valence-electron chi connectivity index (χ4n) is 1.75. The third kappa shape index (κ3) is 4.87. The maximum atomic E-state index is 12.1. The van der Waals surface area contributed by atoms with E-state index >= 15 is 0 Å². The molecule has 0 bridgehead atoms. The van der Waals surface area contributed by atoms with E-state index in [4.69, 9.17) is 0 Å². The number of aryl methyl sites for hydroxylation is 1. The van der Waals surface area contributed by atoms with Crippen molar-refractivity contribution in [2.75, 3.05) is 26.2 Å². The van der Waals surface area contributed by atoms with Gasteiger partial charge in [-0.3, -0.25) is 0 Å². The summed E-state index contributed by atoms with van der Waals surface area (Å²) in [6, 6.07) is 5.04. The standard InChI is InChI=1S/C13H21BrN2O2S/c1-4-16(5-2)9-8-15-19(17,18)12-6-7-13(14)11(3)10-12/h6-7,10,15H,4-5,8-9H2,1-3H3. The van der Waals surface area contributed by atoms with E-state index in [-0.39, 0.29) is 0 Å². The van der Waals surface area contributed by atoms with E-state index in [0.29, 0.717) is 11.4 Å². The molecule has 0 aliphatic carbocycles. The van der Waals surface area contributed by atoms with Crippen LogP contribution in [-0.2, 0) is 10.0 Å². The van der Waals surface area contributed by atoms with Crippen LogP contribution in [0.3, 0.4) is 0 Å². The lowest BCUT2D eigenvalue weighted by Gasteiger charge is -2.18. The molecule has 0 saturated carbocycles. The van der Waals surface area contributed by atoms with E-state index in [1.165, 1.54) is 0 Å². The van der Waals surface area contributed by atoms with Gasteiger partial charge in [-0.15, -0.1) is 0 Å². The van der Waals surface area contributed by atoms with Crippen molar-refractivity contribution in [2.45, 2.75) is 25.7 Å². The summed E-state index contributed by atoms with van der Waals surface area (Å²) in [5.74, 6) is 0. The van der Waals surface area contributed by atoms with Gasteiger partial charge in [0.15, 0.2) is 0 Å². The predicted octanol–water partition coefficient (Wildman–Crippen LogP) is 2.38. The first kappa shape index (κ1) is 16.6. The summed E-state index contributed by atoms with van der Waals surface area (Å²) in [5, 5.41) is 0. The minimum absolute atomic E-state index is 0.313. The number of likely N-dealkylation sites (N-methyl/N-ethyl adjacent to an activating group) is 1. The van der Waals surface area contributed by atoms with E-state index in [1.807, 2.05) is 6.92 Å². The van der Waals surface area contributed by atoms with Gasteiger partial charge in [-0.05, 0) is 43.8 Å². The second kappa shape index (κ2) is 7.38. The highest BCUT2D eigenvalue weighted by molar-refractivity contribution is 9.10. The van der Waals surface area contributed by atoms with Gasteiger partial charge >= 0.3 is 0 Å². The summed E-state index contributed by atoms with van der Waals surface area (Å²) in [6.07, 6.45) is 0. The highest BCUT2D eigenvalue weighted by Gasteiger charge is 2.14. The lowest BCUT2D eigenvalue weighted by molar-refractivity contribution is 0.309. The van der Waals surface area contributed by atoms with Crippen LogP contribution in [0.2, 0.25) is 0 Å². The number of sulfonamides is 1. The molecule has 0 aromatic heterocycles. The van der Waals surface area contributed by atoms with Gasteiger partial charge in [0.1, 0.15) is 0 Å². The molecular weight excluding hydrogens is 328 g/mol. The van der Waals surface area contributed by atoms with Crippen molar-refractivity contribution in [3.05, 3.63) is 28.2 Å². The highest BCUT2D eigenvalue weighted by Crippen LogP contribution is 2.19. The van der Waals surface area contributed by atoms with Crippen LogP contribution in [-0.4, -0.2) is 39.5 Å². The van der Waals surface area contributed by atoms with Gasteiger partial charge in [0.25, 0.3) is 0 Å². The van der Waals surface area contributed by atoms with Crippen molar-refractivity contribution in [1.82, 2.24) is 9.62 Å². The molecule has 19 heavy (non-hydrogen) atoms. The summed E-state index contributed by atoms with van der Waals surface area (Å²) >= 11 is 3.36. The first-order valence-electron chi connectivity index (χ1n) is 6.39. The number of rotatable bonds is 7. The minimum atomic E-state index is -3.41. The average molecular weight is 349 g/mol. The molecule has 0 amide bonds. The Labute approximate surface area is 124 Å². The number of hydrogen-bond acceptors (Lipinski definition) is 3. The van der Waals surface area contributed by atoms with Crippen molar-refractivity contribution in [1.29, 1.82) is 0 Å². The molecule has 0 atom stereocenters. The Balaban J connectivity index is 2.68. The zero-order valence-electron chi connectivity index (χ0n) is 11.6. The quantitative estimate of drug-likeness (QED) is 0.822. The zero-order valence-corrected chi connectivity index (χ0v) is 14.0. The van der Waals surface area contributed by atoms with E-state index in [2.05, 4.69) is 39.4 Å². The summed E-state index contributed by atoms with van der Waals surface area (Å²) in [7, 11) is -3.41. The summed E-state index contributed by atoms with van der Waals surface area (Å²) in [6.45, 7) is 9.01. The molecule has 0 heterocycles. The van der Waals surface area contributed by atoms with Crippen molar-refractivity contribution < 1.29 is 8.42 Å². The van der Waals surface area contributed by atoms with Crippen LogP contribution in [0.15, 0.2) is 27.6 Å². The first-order valence-corrected chi connectivity index (χ1v) is 8.66. The van der Waals surface area contributed by atoms with Crippen LogP contribution in [0.4, 0.5) is 0 Å². The molecule has 0 saturated heterocycles. The Morgan fingerprint density at radius 1 is 1.26 bits per heavy atom. The number of nitrogens with one attached hydrogen (secondary N) is 1. The lowest BCUT2D eigenvalue weighted by Crippen LogP contribution is -2.34. The molecule has 1 aromatic carbocycles. The molecule has 1 N–H and O–H groups in total. The summed E-state index contributed by atoms with van der Waals surface area (Å²) < 4.78 is 27.8. The minimum Gasteiger partial charge on any atom is -0.303 e. The SMILES string of the molecule is CCN(CC)CCNS(=O)(=O)c1ccc(Br)c(C)c1. The van der Waals surface area contributed by atoms with E-state index in [0.717, 1.165) is 29.7 Å². The summed E-state index contributed by atoms with van der Waals surface area (Å²) in [5.41, 5.74) is 0.909. The normalized spacial score (nSPS) is 12.1. The Morgan fingerprint density at radius 2 is 1.89 bits per heavy atom. The van der Waals surface area contributed by atoms with Crippen molar-refractivity contribution in [3.63, 3.8) is 0 Å². The predicted molar refractivity (Wildman–Crippen MR) is 81.9 cm³/mol. The Morgan fingerprint density at radius 3 is 2.42 bits per heavy atom. The van der Waals surface area contributed by atoms with Gasteiger partial charge in [0.05, 0.1) is 4.90 Å². The lowest BCUT2D eigenvalue weighted by atomic mass is 10.2. The van der Waals surface area contributed by atoms with Crippen LogP contribution in [0, 0.1) is 6.92 Å². The van der Waals surface area contributed by atoms with Gasteiger partial charge in [-0.25, -0.2) is 13.1 Å². The van der Waals surface area contributed by atoms with Crippen molar-refractivity contribution in [2.24, 2.45) is 0 Å². The molecule has 1 rings (SSSR count).